The third-order valence-corrected chi connectivity index (χ3v) is 3.75. The van der Waals surface area contributed by atoms with Crippen molar-refractivity contribution in [2.45, 2.75) is 71.4 Å². The molecule has 0 amide bonds. The van der Waals surface area contributed by atoms with E-state index in [9.17, 15) is 0 Å². The van der Waals surface area contributed by atoms with Crippen LogP contribution in [0.1, 0.15) is 59.3 Å². The molecule has 16 heavy (non-hydrogen) atoms. The van der Waals surface area contributed by atoms with Crippen LogP contribution in [0.4, 0.5) is 0 Å². The van der Waals surface area contributed by atoms with Gasteiger partial charge in [-0.25, -0.2) is 0 Å². The molecule has 0 aromatic heterocycles. The van der Waals surface area contributed by atoms with Crippen molar-refractivity contribution in [3.63, 3.8) is 0 Å². The van der Waals surface area contributed by atoms with E-state index >= 15 is 0 Å². The van der Waals surface area contributed by atoms with Crippen molar-refractivity contribution >= 4 is 0 Å². The molecule has 1 heterocycles. The molecule has 1 saturated heterocycles. The third kappa shape index (κ3) is 4.84. The summed E-state index contributed by atoms with van der Waals surface area (Å²) >= 11 is 0. The summed E-state index contributed by atoms with van der Waals surface area (Å²) in [6.45, 7) is 9.05. The average Bonchev–Trinajstić information content (AvgIpc) is 2.80. The van der Waals surface area contributed by atoms with Gasteiger partial charge in [0.2, 0.25) is 0 Å². The Morgan fingerprint density at radius 2 is 2.19 bits per heavy atom. The maximum atomic E-state index is 5.68. The van der Waals surface area contributed by atoms with Crippen molar-refractivity contribution in [1.82, 2.24) is 5.32 Å². The summed E-state index contributed by atoms with van der Waals surface area (Å²) in [5.74, 6) is 0.778. The zero-order valence-corrected chi connectivity index (χ0v) is 11.3. The first kappa shape index (κ1) is 14.0. The van der Waals surface area contributed by atoms with Gasteiger partial charge in [-0.15, -0.1) is 0 Å². The molecule has 0 aliphatic carbocycles. The molecule has 0 spiro atoms. The fourth-order valence-corrected chi connectivity index (χ4v) is 2.60. The van der Waals surface area contributed by atoms with Crippen molar-refractivity contribution in [3.05, 3.63) is 0 Å². The molecule has 1 fully saturated rings. The molecule has 3 unspecified atom stereocenters. The minimum atomic E-state index is 0.561. The second-order valence-corrected chi connectivity index (χ2v) is 5.16. The van der Waals surface area contributed by atoms with Gasteiger partial charge >= 0.3 is 0 Å². The van der Waals surface area contributed by atoms with Gasteiger partial charge in [-0.1, -0.05) is 20.8 Å². The fraction of sp³-hybridized carbons (Fsp3) is 1.00. The van der Waals surface area contributed by atoms with Crippen molar-refractivity contribution in [2.24, 2.45) is 5.92 Å². The predicted octanol–water partition coefficient (Wildman–Crippen LogP) is 3.36. The van der Waals surface area contributed by atoms with Crippen LogP contribution in [0.2, 0.25) is 0 Å². The molecule has 1 aliphatic heterocycles. The van der Waals surface area contributed by atoms with Crippen molar-refractivity contribution < 1.29 is 4.74 Å². The Balaban J connectivity index is 2.17. The number of hydrogen-bond donors (Lipinski definition) is 1. The van der Waals surface area contributed by atoms with Gasteiger partial charge in [0.05, 0.1) is 6.10 Å². The van der Waals surface area contributed by atoms with E-state index in [1.54, 1.807) is 0 Å². The Morgan fingerprint density at radius 3 is 2.75 bits per heavy atom. The quantitative estimate of drug-likeness (QED) is 0.686. The van der Waals surface area contributed by atoms with Crippen LogP contribution < -0.4 is 5.32 Å². The Hall–Kier alpha value is -0.0800. The van der Waals surface area contributed by atoms with Gasteiger partial charge in [-0.3, -0.25) is 0 Å². The lowest BCUT2D eigenvalue weighted by atomic mass is 9.92. The van der Waals surface area contributed by atoms with E-state index in [4.69, 9.17) is 4.74 Å². The first-order chi connectivity index (χ1) is 7.77. The summed E-state index contributed by atoms with van der Waals surface area (Å²) in [7, 11) is 0. The molecule has 0 radical (unpaired) electrons. The van der Waals surface area contributed by atoms with Crippen LogP contribution in [0.25, 0.3) is 0 Å². The molecule has 2 heteroatoms. The highest BCUT2D eigenvalue weighted by Gasteiger charge is 2.19. The minimum Gasteiger partial charge on any atom is -0.378 e. The highest BCUT2D eigenvalue weighted by atomic mass is 16.5. The van der Waals surface area contributed by atoms with Gasteiger partial charge in [0.15, 0.2) is 0 Å². The van der Waals surface area contributed by atoms with Gasteiger partial charge in [0.1, 0.15) is 0 Å². The smallest absolute Gasteiger partial charge is 0.0576 e. The standard InChI is InChI=1S/C14H29NO/c1-4-10-15-14(5-2)12(3)8-9-13-7-6-11-16-13/h12-15H,4-11H2,1-3H3. The summed E-state index contributed by atoms with van der Waals surface area (Å²) in [5.41, 5.74) is 0. The largest absolute Gasteiger partial charge is 0.378 e. The molecule has 0 bridgehead atoms. The van der Waals surface area contributed by atoms with E-state index in [-0.39, 0.29) is 0 Å². The normalized spacial score (nSPS) is 24.6. The van der Waals surface area contributed by atoms with Gasteiger partial charge in [-0.2, -0.15) is 0 Å². The second-order valence-electron chi connectivity index (χ2n) is 5.16. The zero-order valence-electron chi connectivity index (χ0n) is 11.3. The van der Waals surface area contributed by atoms with Crippen molar-refractivity contribution in [1.29, 1.82) is 0 Å². The summed E-state index contributed by atoms with van der Waals surface area (Å²) in [5, 5.41) is 3.65. The van der Waals surface area contributed by atoms with Crippen molar-refractivity contribution in [3.8, 4) is 0 Å². The van der Waals surface area contributed by atoms with Gasteiger partial charge in [-0.05, 0) is 51.0 Å². The second kappa shape index (κ2) is 8.08. The van der Waals surface area contributed by atoms with Gasteiger partial charge in [0, 0.05) is 12.6 Å². The van der Waals surface area contributed by atoms with Crippen LogP contribution in [0.15, 0.2) is 0 Å². The predicted molar refractivity (Wildman–Crippen MR) is 69.7 cm³/mol. The minimum absolute atomic E-state index is 0.561. The fourth-order valence-electron chi connectivity index (χ4n) is 2.60. The monoisotopic (exact) mass is 227 g/mol. The van der Waals surface area contributed by atoms with E-state index in [0.717, 1.165) is 19.1 Å². The molecule has 1 aliphatic rings. The molecule has 96 valence electrons. The first-order valence-corrected chi connectivity index (χ1v) is 7.12. The molecule has 2 nitrogen and oxygen atoms in total. The number of ether oxygens (including phenoxy) is 1. The summed E-state index contributed by atoms with van der Waals surface area (Å²) in [4.78, 5) is 0. The first-order valence-electron chi connectivity index (χ1n) is 7.12. The maximum Gasteiger partial charge on any atom is 0.0576 e. The van der Waals surface area contributed by atoms with E-state index < -0.39 is 0 Å². The molecular weight excluding hydrogens is 198 g/mol. The molecule has 1 N–H and O–H groups in total. The molecule has 0 aromatic carbocycles. The summed E-state index contributed by atoms with van der Waals surface area (Å²) < 4.78 is 5.68. The third-order valence-electron chi connectivity index (χ3n) is 3.75. The lowest BCUT2D eigenvalue weighted by Crippen LogP contribution is -2.35. The highest BCUT2D eigenvalue weighted by Crippen LogP contribution is 2.21. The SMILES string of the molecule is CCCNC(CC)C(C)CCC1CCCO1. The van der Waals surface area contributed by atoms with Crippen LogP contribution in [-0.4, -0.2) is 25.3 Å². The van der Waals surface area contributed by atoms with E-state index in [0.29, 0.717) is 12.1 Å². The van der Waals surface area contributed by atoms with Crippen LogP contribution in [-0.2, 0) is 4.74 Å². The zero-order chi connectivity index (χ0) is 11.8. The van der Waals surface area contributed by atoms with E-state index in [1.807, 2.05) is 0 Å². The molecular formula is C14H29NO. The Bertz CT molecular complexity index is 166. The van der Waals surface area contributed by atoms with Gasteiger partial charge < -0.3 is 10.1 Å². The number of rotatable bonds is 8. The van der Waals surface area contributed by atoms with Crippen molar-refractivity contribution in [2.75, 3.05) is 13.2 Å². The topological polar surface area (TPSA) is 21.3 Å². The molecule has 0 saturated carbocycles. The van der Waals surface area contributed by atoms with Crippen LogP contribution in [0, 0.1) is 5.92 Å². The van der Waals surface area contributed by atoms with E-state index in [2.05, 4.69) is 26.1 Å². The maximum absolute atomic E-state index is 5.68. The number of nitrogens with one attached hydrogen (secondary N) is 1. The van der Waals surface area contributed by atoms with Gasteiger partial charge in [0.25, 0.3) is 0 Å². The lowest BCUT2D eigenvalue weighted by molar-refractivity contribution is 0.0966. The summed E-state index contributed by atoms with van der Waals surface area (Å²) in [6.07, 6.45) is 8.15. The number of hydrogen-bond acceptors (Lipinski definition) is 2. The van der Waals surface area contributed by atoms with E-state index in [1.165, 1.54) is 38.5 Å². The highest BCUT2D eigenvalue weighted by molar-refractivity contribution is 4.74. The molecule has 0 aromatic rings. The molecule has 3 atom stereocenters. The molecule has 1 rings (SSSR count). The average molecular weight is 227 g/mol. The summed E-state index contributed by atoms with van der Waals surface area (Å²) in [6, 6.07) is 0.696. The Morgan fingerprint density at radius 1 is 1.38 bits per heavy atom. The van der Waals surface area contributed by atoms with Crippen LogP contribution in [0.5, 0.6) is 0 Å². The Kier molecular flexibility index (Phi) is 7.06. The Labute approximate surface area is 101 Å². The lowest BCUT2D eigenvalue weighted by Gasteiger charge is -2.25. The van der Waals surface area contributed by atoms with Crippen LogP contribution >= 0.6 is 0 Å². The van der Waals surface area contributed by atoms with Crippen LogP contribution in [0.3, 0.4) is 0 Å².